The van der Waals surface area contributed by atoms with Gasteiger partial charge in [-0.25, -0.2) is 4.79 Å². The van der Waals surface area contributed by atoms with Gasteiger partial charge in [-0.1, -0.05) is 42.0 Å². The Labute approximate surface area is 153 Å². The number of aryl methyl sites for hydroxylation is 1. The van der Waals surface area contributed by atoms with Crippen molar-refractivity contribution in [3.63, 3.8) is 0 Å². The fraction of sp³-hybridized carbons (Fsp3) is 0.190. The summed E-state index contributed by atoms with van der Waals surface area (Å²) in [6.07, 6.45) is 1.62. The first-order valence-corrected chi connectivity index (χ1v) is 8.48. The van der Waals surface area contributed by atoms with Crippen molar-refractivity contribution in [1.29, 1.82) is 0 Å². The van der Waals surface area contributed by atoms with E-state index in [1.54, 1.807) is 6.26 Å². The van der Waals surface area contributed by atoms with Crippen LogP contribution >= 0.6 is 0 Å². The van der Waals surface area contributed by atoms with E-state index in [1.807, 2.05) is 61.5 Å². The lowest BCUT2D eigenvalue weighted by atomic mass is 10.1. The number of furan rings is 1. The van der Waals surface area contributed by atoms with Gasteiger partial charge in [-0.15, -0.1) is 0 Å². The van der Waals surface area contributed by atoms with Crippen LogP contribution in [-0.2, 0) is 24.5 Å². The lowest BCUT2D eigenvalue weighted by Gasteiger charge is -2.10. The molecule has 26 heavy (non-hydrogen) atoms. The zero-order valence-electron chi connectivity index (χ0n) is 14.7. The Kier molecular flexibility index (Phi) is 6.06. The number of benzene rings is 2. The van der Waals surface area contributed by atoms with Crippen molar-refractivity contribution in [2.75, 3.05) is 5.32 Å². The average Bonchev–Trinajstić information content (AvgIpc) is 3.14. The number of carbonyl (C=O) groups excluding carboxylic acids is 1. The SMILES string of the molecule is Cc1cccc(CNC(=O)Nc2cccc(COCc3ccco3)c2)c1. The predicted octanol–water partition coefficient (Wildman–Crippen LogP) is 4.63. The molecule has 0 saturated heterocycles. The van der Waals surface area contributed by atoms with E-state index in [1.165, 1.54) is 5.56 Å². The second-order valence-corrected chi connectivity index (χ2v) is 6.07. The van der Waals surface area contributed by atoms with Gasteiger partial charge in [0.25, 0.3) is 0 Å². The van der Waals surface area contributed by atoms with Crippen LogP contribution in [0.1, 0.15) is 22.5 Å². The summed E-state index contributed by atoms with van der Waals surface area (Å²) in [5.74, 6) is 0.787. The average molecular weight is 350 g/mol. The Balaban J connectivity index is 1.47. The minimum absolute atomic E-state index is 0.236. The topological polar surface area (TPSA) is 63.5 Å². The van der Waals surface area contributed by atoms with Gasteiger partial charge in [0, 0.05) is 12.2 Å². The molecule has 0 spiro atoms. The Hall–Kier alpha value is -3.05. The number of urea groups is 1. The summed E-state index contributed by atoms with van der Waals surface area (Å²) in [7, 11) is 0. The minimum Gasteiger partial charge on any atom is -0.467 e. The normalized spacial score (nSPS) is 10.5. The molecule has 134 valence electrons. The molecule has 0 fully saturated rings. The van der Waals surface area contributed by atoms with Gasteiger partial charge in [-0.2, -0.15) is 0 Å². The van der Waals surface area contributed by atoms with Crippen LogP contribution in [0.2, 0.25) is 0 Å². The summed E-state index contributed by atoms with van der Waals surface area (Å²) < 4.78 is 10.8. The standard InChI is InChI=1S/C21H22N2O3/c1-16-5-2-6-17(11-16)13-22-21(24)23-19-8-3-7-18(12-19)14-25-15-20-9-4-10-26-20/h2-12H,13-15H2,1H3,(H2,22,23,24). The molecule has 1 aromatic heterocycles. The number of ether oxygens (including phenoxy) is 1. The van der Waals surface area contributed by atoms with Crippen LogP contribution < -0.4 is 10.6 Å². The monoisotopic (exact) mass is 350 g/mol. The molecule has 2 N–H and O–H groups in total. The summed E-state index contributed by atoms with van der Waals surface area (Å²) in [4.78, 5) is 12.1. The highest BCUT2D eigenvalue weighted by Crippen LogP contribution is 2.13. The maximum Gasteiger partial charge on any atom is 0.319 e. The van der Waals surface area contributed by atoms with Gasteiger partial charge < -0.3 is 19.8 Å². The number of hydrogen-bond donors (Lipinski definition) is 2. The Morgan fingerprint density at radius 1 is 1.00 bits per heavy atom. The highest BCUT2D eigenvalue weighted by Gasteiger charge is 2.04. The summed E-state index contributed by atoms with van der Waals surface area (Å²) in [5.41, 5.74) is 3.95. The molecule has 5 heteroatoms. The first-order chi connectivity index (χ1) is 12.7. The first kappa shape index (κ1) is 17.8. The molecule has 0 atom stereocenters. The fourth-order valence-electron chi connectivity index (χ4n) is 2.58. The quantitative estimate of drug-likeness (QED) is 0.653. The van der Waals surface area contributed by atoms with E-state index in [9.17, 15) is 4.79 Å². The molecule has 1 heterocycles. The summed E-state index contributed by atoms with van der Waals surface area (Å²) >= 11 is 0. The number of hydrogen-bond acceptors (Lipinski definition) is 3. The Bertz CT molecular complexity index is 844. The highest BCUT2D eigenvalue weighted by atomic mass is 16.5. The minimum atomic E-state index is -0.236. The van der Waals surface area contributed by atoms with E-state index in [0.29, 0.717) is 19.8 Å². The van der Waals surface area contributed by atoms with Crippen molar-refractivity contribution in [3.8, 4) is 0 Å². The van der Waals surface area contributed by atoms with E-state index >= 15 is 0 Å². The third-order valence-corrected chi connectivity index (χ3v) is 3.81. The van der Waals surface area contributed by atoms with Crippen LogP contribution in [0.15, 0.2) is 71.3 Å². The zero-order chi connectivity index (χ0) is 18.2. The van der Waals surface area contributed by atoms with Crippen molar-refractivity contribution >= 4 is 11.7 Å². The van der Waals surface area contributed by atoms with Gasteiger partial charge in [0.1, 0.15) is 12.4 Å². The number of rotatable bonds is 7. The molecule has 0 aliphatic carbocycles. The van der Waals surface area contributed by atoms with Crippen molar-refractivity contribution in [1.82, 2.24) is 5.32 Å². The van der Waals surface area contributed by atoms with E-state index in [0.717, 1.165) is 22.6 Å². The second kappa shape index (κ2) is 8.87. The van der Waals surface area contributed by atoms with Crippen molar-refractivity contribution in [2.24, 2.45) is 0 Å². The van der Waals surface area contributed by atoms with Gasteiger partial charge in [-0.05, 0) is 42.3 Å². The molecule has 3 rings (SSSR count). The lowest BCUT2D eigenvalue weighted by Crippen LogP contribution is -2.28. The third-order valence-electron chi connectivity index (χ3n) is 3.81. The second-order valence-electron chi connectivity index (χ2n) is 6.07. The molecule has 0 bridgehead atoms. The number of carbonyl (C=O) groups is 1. The zero-order valence-corrected chi connectivity index (χ0v) is 14.7. The summed E-state index contributed by atoms with van der Waals surface area (Å²) in [6.45, 7) is 3.38. The fourth-order valence-corrected chi connectivity index (χ4v) is 2.58. The van der Waals surface area contributed by atoms with Gasteiger partial charge in [-0.3, -0.25) is 0 Å². The van der Waals surface area contributed by atoms with Gasteiger partial charge >= 0.3 is 6.03 Å². The number of nitrogens with one attached hydrogen (secondary N) is 2. The van der Waals surface area contributed by atoms with Crippen LogP contribution in [-0.4, -0.2) is 6.03 Å². The maximum absolute atomic E-state index is 12.1. The molecule has 0 saturated carbocycles. The van der Waals surface area contributed by atoms with Crippen LogP contribution in [0.3, 0.4) is 0 Å². The van der Waals surface area contributed by atoms with Crippen molar-refractivity contribution in [2.45, 2.75) is 26.7 Å². The lowest BCUT2D eigenvalue weighted by molar-refractivity contribution is 0.0930. The Morgan fingerprint density at radius 3 is 2.65 bits per heavy atom. The van der Waals surface area contributed by atoms with Crippen LogP contribution in [0.25, 0.3) is 0 Å². The predicted molar refractivity (Wildman–Crippen MR) is 101 cm³/mol. The summed E-state index contributed by atoms with van der Waals surface area (Å²) in [6, 6.07) is 19.1. The first-order valence-electron chi connectivity index (χ1n) is 8.48. The van der Waals surface area contributed by atoms with Crippen LogP contribution in [0.5, 0.6) is 0 Å². The molecule has 3 aromatic rings. The molecule has 0 aliphatic rings. The van der Waals surface area contributed by atoms with Gasteiger partial charge in [0.05, 0.1) is 12.9 Å². The van der Waals surface area contributed by atoms with E-state index in [2.05, 4.69) is 16.7 Å². The molecular formula is C21H22N2O3. The molecule has 2 aromatic carbocycles. The molecular weight excluding hydrogens is 328 g/mol. The van der Waals surface area contributed by atoms with Crippen LogP contribution in [0, 0.1) is 6.92 Å². The third kappa shape index (κ3) is 5.50. The molecule has 2 amide bonds. The molecule has 0 unspecified atom stereocenters. The van der Waals surface area contributed by atoms with Crippen LogP contribution in [0.4, 0.5) is 10.5 Å². The summed E-state index contributed by atoms with van der Waals surface area (Å²) in [5, 5.41) is 5.71. The highest BCUT2D eigenvalue weighted by molar-refractivity contribution is 5.89. The molecule has 0 aliphatic heterocycles. The molecule has 0 radical (unpaired) electrons. The van der Waals surface area contributed by atoms with Crippen molar-refractivity contribution in [3.05, 3.63) is 89.4 Å². The molecule has 5 nitrogen and oxygen atoms in total. The largest absolute Gasteiger partial charge is 0.467 e. The van der Waals surface area contributed by atoms with Gasteiger partial charge in [0.15, 0.2) is 0 Å². The van der Waals surface area contributed by atoms with Gasteiger partial charge in [0.2, 0.25) is 0 Å². The Morgan fingerprint density at radius 2 is 1.85 bits per heavy atom. The number of anilines is 1. The smallest absolute Gasteiger partial charge is 0.319 e. The van der Waals surface area contributed by atoms with E-state index in [-0.39, 0.29) is 6.03 Å². The van der Waals surface area contributed by atoms with E-state index < -0.39 is 0 Å². The van der Waals surface area contributed by atoms with Crippen molar-refractivity contribution < 1.29 is 13.9 Å². The maximum atomic E-state index is 12.1. The van der Waals surface area contributed by atoms with E-state index in [4.69, 9.17) is 9.15 Å². The number of amides is 2.